The minimum atomic E-state index is -1.23. The van der Waals surface area contributed by atoms with Crippen molar-refractivity contribution in [3.05, 3.63) is 77.0 Å². The predicted molar refractivity (Wildman–Crippen MR) is 160 cm³/mol. The third-order valence-electron chi connectivity index (χ3n) is 7.31. The van der Waals surface area contributed by atoms with Gasteiger partial charge >= 0.3 is 0 Å². The molecule has 1 unspecified atom stereocenters. The van der Waals surface area contributed by atoms with Crippen LogP contribution in [0.1, 0.15) is 53.2 Å². The molecule has 1 fully saturated rings. The quantitative estimate of drug-likeness (QED) is 0.356. The molecule has 0 aliphatic carbocycles. The molecule has 2 amide bonds. The maximum absolute atomic E-state index is 14.8. The molecular weight excluding hydrogens is 505 g/mol. The van der Waals surface area contributed by atoms with Gasteiger partial charge in [-0.25, -0.2) is 14.4 Å². The van der Waals surface area contributed by atoms with Crippen LogP contribution in [0.4, 0.5) is 15.9 Å². The summed E-state index contributed by atoms with van der Waals surface area (Å²) < 4.78 is 14.8. The summed E-state index contributed by atoms with van der Waals surface area (Å²) in [7, 11) is 1.70. The minimum Gasteiger partial charge on any atom is -0.356 e. The standard InChI is InChI=1S/C32H38FN5O2/c1-22-9-11-25(12-10-22)27-20-36-30(38-17-6-14-32(3,33)15-18-38)29(23(27)2)31(40)37-26-8-5-7-24(19-26)13-16-35-28(39)21-34-4/h5,7-12,16,19-20,34H,6,13-15,17-18,21H2,1-4H3,(H,37,40). The first kappa shape index (κ1) is 29.1. The van der Waals surface area contributed by atoms with E-state index in [0.717, 1.165) is 27.8 Å². The van der Waals surface area contributed by atoms with Gasteiger partial charge in [-0.15, -0.1) is 0 Å². The monoisotopic (exact) mass is 543 g/mol. The second-order valence-electron chi connectivity index (χ2n) is 10.7. The van der Waals surface area contributed by atoms with Gasteiger partial charge in [-0.1, -0.05) is 42.0 Å². The molecule has 8 heteroatoms. The van der Waals surface area contributed by atoms with Gasteiger partial charge in [0.2, 0.25) is 0 Å². The SMILES string of the molecule is CNCC(=O)N=CCc1cccc(NC(=O)c2c(N3CCCC(C)(F)CC3)ncc(-c3ccc(C)cc3)c2C)c1. The number of pyridine rings is 1. The highest BCUT2D eigenvalue weighted by atomic mass is 19.1. The lowest BCUT2D eigenvalue weighted by Gasteiger charge is -2.26. The number of aromatic nitrogens is 1. The van der Waals surface area contributed by atoms with Crippen LogP contribution >= 0.6 is 0 Å². The lowest BCUT2D eigenvalue weighted by atomic mass is 9.97. The molecule has 3 aromatic rings. The van der Waals surface area contributed by atoms with Crippen molar-refractivity contribution in [3.63, 3.8) is 0 Å². The van der Waals surface area contributed by atoms with Gasteiger partial charge in [0.05, 0.1) is 12.1 Å². The van der Waals surface area contributed by atoms with Crippen molar-refractivity contribution >= 4 is 29.5 Å². The van der Waals surface area contributed by atoms with E-state index in [2.05, 4.69) is 15.6 Å². The van der Waals surface area contributed by atoms with Crippen molar-refractivity contribution in [3.8, 4) is 11.1 Å². The van der Waals surface area contributed by atoms with E-state index in [9.17, 15) is 14.0 Å². The largest absolute Gasteiger partial charge is 0.356 e. The Kier molecular flexibility index (Phi) is 9.42. The third kappa shape index (κ3) is 7.39. The Labute approximate surface area is 235 Å². The number of carbonyl (C=O) groups is 2. The molecule has 1 saturated heterocycles. The third-order valence-corrected chi connectivity index (χ3v) is 7.31. The number of anilines is 2. The van der Waals surface area contributed by atoms with Gasteiger partial charge in [0, 0.05) is 43.2 Å². The van der Waals surface area contributed by atoms with Gasteiger partial charge in [0.25, 0.3) is 11.8 Å². The van der Waals surface area contributed by atoms with Crippen LogP contribution < -0.4 is 15.5 Å². The minimum absolute atomic E-state index is 0.186. The number of likely N-dealkylation sites (N-methyl/N-ethyl adjacent to an activating group) is 1. The van der Waals surface area contributed by atoms with Crippen LogP contribution in [-0.2, 0) is 11.2 Å². The maximum Gasteiger partial charge on any atom is 0.259 e. The summed E-state index contributed by atoms with van der Waals surface area (Å²) in [6, 6.07) is 15.6. The van der Waals surface area contributed by atoms with E-state index in [4.69, 9.17) is 4.98 Å². The molecule has 0 saturated carbocycles. The molecule has 0 radical (unpaired) electrons. The van der Waals surface area contributed by atoms with E-state index in [1.165, 1.54) is 0 Å². The Hall–Kier alpha value is -3.91. The first-order valence-corrected chi connectivity index (χ1v) is 13.8. The molecule has 1 aliphatic rings. The number of aryl methyl sites for hydroxylation is 1. The van der Waals surface area contributed by atoms with Gasteiger partial charge in [0.1, 0.15) is 11.5 Å². The van der Waals surface area contributed by atoms with Gasteiger partial charge in [-0.3, -0.25) is 9.59 Å². The van der Waals surface area contributed by atoms with E-state index in [1.807, 2.05) is 73.5 Å². The number of alkyl halides is 1. The number of nitrogens with zero attached hydrogens (tertiary/aromatic N) is 3. The summed E-state index contributed by atoms with van der Waals surface area (Å²) in [5, 5.41) is 5.84. The molecule has 4 rings (SSSR count). The summed E-state index contributed by atoms with van der Waals surface area (Å²) in [6.07, 6.45) is 5.42. The second-order valence-corrected chi connectivity index (χ2v) is 10.7. The van der Waals surface area contributed by atoms with E-state index in [0.29, 0.717) is 55.8 Å². The fourth-order valence-electron chi connectivity index (χ4n) is 5.00. The molecular formula is C32H38FN5O2. The van der Waals surface area contributed by atoms with Crippen LogP contribution in [0.3, 0.4) is 0 Å². The van der Waals surface area contributed by atoms with Gasteiger partial charge < -0.3 is 15.5 Å². The molecule has 210 valence electrons. The van der Waals surface area contributed by atoms with Crippen LogP contribution in [0.15, 0.2) is 59.7 Å². The highest BCUT2D eigenvalue weighted by Crippen LogP contribution is 2.34. The number of carbonyl (C=O) groups excluding carboxylic acids is 2. The van der Waals surface area contributed by atoms with Crippen molar-refractivity contribution < 1.29 is 14.0 Å². The molecule has 2 aromatic carbocycles. The molecule has 1 aliphatic heterocycles. The summed E-state index contributed by atoms with van der Waals surface area (Å²) in [5.74, 6) is 0.0728. The smallest absolute Gasteiger partial charge is 0.259 e. The summed E-state index contributed by atoms with van der Waals surface area (Å²) in [6.45, 7) is 6.95. The summed E-state index contributed by atoms with van der Waals surface area (Å²) in [4.78, 5) is 36.3. The lowest BCUT2D eigenvalue weighted by Crippen LogP contribution is -2.30. The van der Waals surface area contributed by atoms with Crippen molar-refractivity contribution in [2.75, 3.05) is 36.9 Å². The van der Waals surface area contributed by atoms with Crippen LogP contribution in [0.5, 0.6) is 0 Å². The molecule has 1 aromatic heterocycles. The summed E-state index contributed by atoms with van der Waals surface area (Å²) >= 11 is 0. The average Bonchev–Trinajstić information content (AvgIpc) is 3.09. The van der Waals surface area contributed by atoms with E-state index < -0.39 is 5.67 Å². The van der Waals surface area contributed by atoms with Gasteiger partial charge in [0.15, 0.2) is 0 Å². The van der Waals surface area contributed by atoms with Crippen molar-refractivity contribution in [1.29, 1.82) is 0 Å². The fraction of sp³-hybridized carbons (Fsp3) is 0.375. The van der Waals surface area contributed by atoms with Crippen molar-refractivity contribution in [2.45, 2.75) is 52.1 Å². The number of halogens is 1. The molecule has 7 nitrogen and oxygen atoms in total. The van der Waals surface area contributed by atoms with Crippen molar-refractivity contribution in [2.24, 2.45) is 4.99 Å². The van der Waals surface area contributed by atoms with Crippen LogP contribution in [0.25, 0.3) is 11.1 Å². The number of hydrogen-bond acceptors (Lipinski definition) is 5. The lowest BCUT2D eigenvalue weighted by molar-refractivity contribution is -0.116. The average molecular weight is 544 g/mol. The van der Waals surface area contributed by atoms with Gasteiger partial charge in [-0.05, 0) is 75.9 Å². The number of aliphatic imine (C=N–C) groups is 1. The topological polar surface area (TPSA) is 86.7 Å². The first-order chi connectivity index (χ1) is 19.2. The highest BCUT2D eigenvalue weighted by Gasteiger charge is 2.30. The number of nitrogens with one attached hydrogen (secondary N) is 2. The van der Waals surface area contributed by atoms with Crippen molar-refractivity contribution in [1.82, 2.24) is 10.3 Å². The predicted octanol–water partition coefficient (Wildman–Crippen LogP) is 5.70. The fourth-order valence-corrected chi connectivity index (χ4v) is 5.00. The Morgan fingerprint density at radius 2 is 1.90 bits per heavy atom. The Balaban J connectivity index is 1.65. The van der Waals surface area contributed by atoms with E-state index in [-0.39, 0.29) is 18.4 Å². The molecule has 0 bridgehead atoms. The first-order valence-electron chi connectivity index (χ1n) is 13.8. The summed E-state index contributed by atoms with van der Waals surface area (Å²) in [5.41, 5.74) is 4.66. The van der Waals surface area contributed by atoms with Gasteiger partial charge in [-0.2, -0.15) is 0 Å². The van der Waals surface area contributed by atoms with Crippen LogP contribution in [-0.4, -0.2) is 55.4 Å². The molecule has 2 N–H and O–H groups in total. The Bertz CT molecular complexity index is 1380. The molecule has 40 heavy (non-hydrogen) atoms. The maximum atomic E-state index is 14.8. The molecule has 1 atom stereocenters. The Morgan fingerprint density at radius 3 is 2.65 bits per heavy atom. The number of rotatable bonds is 8. The zero-order valence-corrected chi connectivity index (χ0v) is 23.8. The zero-order chi connectivity index (χ0) is 28.7. The number of amides is 2. The normalized spacial score (nSPS) is 17.6. The van der Waals surface area contributed by atoms with E-state index >= 15 is 0 Å². The number of benzene rings is 2. The van der Waals surface area contributed by atoms with E-state index in [1.54, 1.807) is 20.2 Å². The molecule has 0 spiro atoms. The zero-order valence-electron chi connectivity index (χ0n) is 23.8. The number of hydrogen-bond donors (Lipinski definition) is 2. The van der Waals surface area contributed by atoms with Crippen LogP contribution in [0.2, 0.25) is 0 Å². The second kappa shape index (κ2) is 13.0. The Morgan fingerprint density at radius 1 is 1.12 bits per heavy atom. The highest BCUT2D eigenvalue weighted by molar-refractivity contribution is 6.09. The molecule has 2 heterocycles. The van der Waals surface area contributed by atoms with Crippen LogP contribution in [0, 0.1) is 13.8 Å².